The van der Waals surface area contributed by atoms with E-state index < -0.39 is 5.97 Å². The van der Waals surface area contributed by atoms with Gasteiger partial charge in [-0.25, -0.2) is 4.79 Å². The number of aryl methyl sites for hydroxylation is 4. The number of alkyl carbamates (subject to hydrolysis) is 1. The predicted molar refractivity (Wildman–Crippen MR) is 212 cm³/mol. The molecule has 0 saturated carbocycles. The molecule has 4 N–H and O–H groups in total. The van der Waals surface area contributed by atoms with Gasteiger partial charge in [-0.1, -0.05) is 101 Å². The van der Waals surface area contributed by atoms with Crippen LogP contribution in [0.4, 0.5) is 4.79 Å². The van der Waals surface area contributed by atoms with Crippen molar-refractivity contribution in [2.75, 3.05) is 20.2 Å². The minimum absolute atomic E-state index is 0. The van der Waals surface area contributed by atoms with Crippen LogP contribution in [0.2, 0.25) is 0 Å². The Bertz CT molecular complexity index is 1360. The maximum atomic E-state index is 10.7. The average Bonchev–Trinajstić information content (AvgIpc) is 3.54. The average molecular weight is 984 g/mol. The SMILES string of the molecule is CCCCCn1cc(CC(C)C)nn1.CCCO.CCNC(=O)OC(C)(C)C.CCc1cc(C)ccc1-c1ccc(CCC(=O)O)cc1.CN[C-]=O.[Fm]. The summed E-state index contributed by atoms with van der Waals surface area (Å²) in [6.07, 6.45) is 10.6. The van der Waals surface area contributed by atoms with Crippen LogP contribution >= 0.6 is 0 Å². The number of nitrogens with zero attached hydrogens (tertiary/aromatic N) is 3. The molecule has 0 spiro atoms. The number of aromatic nitrogens is 3. The van der Waals surface area contributed by atoms with Gasteiger partial charge in [-0.2, -0.15) is 6.41 Å². The number of aliphatic hydroxyl groups excluding tert-OH is 1. The third-order valence-electron chi connectivity index (χ3n) is 6.77. The number of amides is 2. The van der Waals surface area contributed by atoms with Crippen molar-refractivity contribution in [1.82, 2.24) is 25.6 Å². The number of aliphatic hydroxyl groups is 1. The summed E-state index contributed by atoms with van der Waals surface area (Å²) in [5, 5.41) is 29.5. The topological polar surface area (TPSA) is 156 Å². The van der Waals surface area contributed by atoms with E-state index in [-0.39, 0.29) is 18.1 Å². The summed E-state index contributed by atoms with van der Waals surface area (Å²) in [7, 11) is 1.51. The smallest absolute Gasteiger partial charge is 0.407 e. The molecular weight excluding hydrogens is 915 g/mol. The Kier molecular flexibility index (Phi) is 31.0. The van der Waals surface area contributed by atoms with Gasteiger partial charge in [-0.05, 0) is 102 Å². The fraction of sp³-hybridized carbons (Fsp3) is 0.585. The van der Waals surface area contributed by atoms with Crippen molar-refractivity contribution < 1.29 is 29.3 Å². The molecule has 2 aromatic carbocycles. The number of carbonyl (C=O) groups excluding carboxylic acids is 2. The number of nitrogens with one attached hydrogen (secondary N) is 2. The predicted octanol–water partition coefficient (Wildman–Crippen LogP) is 8.10. The van der Waals surface area contributed by atoms with Crippen LogP contribution < -0.4 is 10.6 Å². The summed E-state index contributed by atoms with van der Waals surface area (Å²) in [5.74, 6) is -0.0864. The van der Waals surface area contributed by atoms with Crippen LogP contribution in [-0.4, -0.2) is 69.5 Å². The maximum absolute atomic E-state index is 10.7. The van der Waals surface area contributed by atoms with Crippen molar-refractivity contribution in [3.63, 3.8) is 0 Å². The van der Waals surface area contributed by atoms with Crippen molar-refractivity contribution in [2.24, 2.45) is 5.92 Å². The number of aliphatic carboxylic acids is 1. The summed E-state index contributed by atoms with van der Waals surface area (Å²) < 4.78 is 6.89. The van der Waals surface area contributed by atoms with Gasteiger partial charge in [0.25, 0.3) is 0 Å². The van der Waals surface area contributed by atoms with Crippen LogP contribution in [0.25, 0.3) is 11.1 Å². The zero-order valence-electron chi connectivity index (χ0n) is 34.1. The molecule has 0 unspecified atom stereocenters. The molecule has 0 bridgehead atoms. The van der Waals surface area contributed by atoms with E-state index in [0.29, 0.717) is 25.5 Å². The Labute approximate surface area is 314 Å². The van der Waals surface area contributed by atoms with Gasteiger partial charge in [0.1, 0.15) is 5.60 Å². The van der Waals surface area contributed by atoms with Crippen molar-refractivity contribution in [2.45, 2.75) is 133 Å². The molecule has 1 aromatic heterocycles. The molecule has 53 heavy (non-hydrogen) atoms. The van der Waals surface area contributed by atoms with E-state index in [9.17, 15) is 9.59 Å². The third kappa shape index (κ3) is 29.1. The van der Waals surface area contributed by atoms with Gasteiger partial charge >= 0.3 is 12.1 Å². The molecule has 0 aliphatic carbocycles. The number of benzene rings is 2. The Balaban J connectivity index is -0.000000664. The summed E-state index contributed by atoms with van der Waals surface area (Å²) in [6.45, 7) is 22.1. The van der Waals surface area contributed by atoms with Gasteiger partial charge in [-0.15, -0.1) is 5.10 Å². The Hall–Kier alpha value is -5.25. The molecule has 2 amide bonds. The molecule has 11 nitrogen and oxygen atoms in total. The van der Waals surface area contributed by atoms with Crippen LogP contribution in [0, 0.1) is 12.8 Å². The Morgan fingerprint density at radius 3 is 2.06 bits per heavy atom. The Morgan fingerprint density at radius 2 is 1.60 bits per heavy atom. The van der Waals surface area contributed by atoms with Gasteiger partial charge in [0.05, 0.1) is 5.69 Å². The van der Waals surface area contributed by atoms with Gasteiger partial charge in [0.2, 0.25) is 0 Å². The number of rotatable bonds is 14. The standard InChI is InChI=1S/C18H20O2.C11H21N3.C7H15NO2.C3H8O.C2H4NO.Fm/c1-3-15-12-13(2)4-10-17(15)16-8-5-14(6-9-16)7-11-18(19)20;1-4-5-6-7-14-9-11(12-13-14)8-10(2)3;1-5-8-6(9)10-7(2,3)4;1-2-3-4;1-3-2-4;/h4-6,8-10,12H,3,7,11H2,1-2H3,(H,19,20);9-10H,4-8H2,1-3H3;5H2,1-4H3,(H,8,9);4H,2-3H2,1H3;1H3,(H,3,4);/q;;;;-1;. The molecule has 3 rings (SSSR count). The number of hydrogen-bond acceptors (Lipinski definition) is 7. The number of hydrogen-bond donors (Lipinski definition) is 4. The van der Waals surface area contributed by atoms with E-state index in [2.05, 4.69) is 92.1 Å². The van der Waals surface area contributed by atoms with Crippen LogP contribution in [0.5, 0.6) is 0 Å². The van der Waals surface area contributed by atoms with Gasteiger partial charge in [0.15, 0.2) is 0 Å². The molecule has 0 saturated heterocycles. The molecule has 306 valence electrons. The summed E-state index contributed by atoms with van der Waals surface area (Å²) >= 11 is 0. The summed E-state index contributed by atoms with van der Waals surface area (Å²) in [6, 6.07) is 14.7. The quantitative estimate of drug-likeness (QED) is 0.0718. The molecule has 0 fully saturated rings. The second kappa shape index (κ2) is 31.5. The number of unbranched alkanes of at least 4 members (excludes halogenated alkanes) is 2. The number of carboxylic acids is 1. The number of ether oxygens (including phenoxy) is 1. The van der Waals surface area contributed by atoms with E-state index in [1.165, 1.54) is 55.0 Å². The van der Waals surface area contributed by atoms with Gasteiger partial charge < -0.3 is 30.4 Å². The molecule has 1 heterocycles. The zero-order valence-corrected chi connectivity index (χ0v) is 36.5. The third-order valence-corrected chi connectivity index (χ3v) is 6.77. The summed E-state index contributed by atoms with van der Waals surface area (Å²) in [4.78, 5) is 30.2. The van der Waals surface area contributed by atoms with E-state index in [0.717, 1.165) is 37.1 Å². The van der Waals surface area contributed by atoms with E-state index >= 15 is 0 Å². The molecule has 0 atom stereocenters. The van der Waals surface area contributed by atoms with Gasteiger partial charge in [-0.3, -0.25) is 9.48 Å². The fourth-order valence-corrected chi connectivity index (χ4v) is 4.34. The van der Waals surface area contributed by atoms with Crippen LogP contribution in [0.15, 0.2) is 48.7 Å². The first kappa shape index (κ1) is 52.1. The normalized spacial score (nSPS) is 9.91. The zero-order chi connectivity index (χ0) is 40.0. The van der Waals surface area contributed by atoms with Crippen molar-refractivity contribution in [1.29, 1.82) is 0 Å². The first-order valence-electron chi connectivity index (χ1n) is 18.5. The van der Waals surface area contributed by atoms with Crippen molar-refractivity contribution >= 4 is 18.5 Å². The van der Waals surface area contributed by atoms with Gasteiger partial charge in [0, 0.05) is 32.3 Å². The van der Waals surface area contributed by atoms with Crippen LogP contribution in [0.3, 0.4) is 0 Å². The monoisotopic (exact) mass is 984 g/mol. The molecule has 0 radical (unpaired) electrons. The maximum Gasteiger partial charge on any atom is 0.407 e. The number of carboxylic acid groups (broad SMARTS) is 1. The van der Waals surface area contributed by atoms with Crippen LogP contribution in [0.1, 0.15) is 117 Å². The second-order valence-electron chi connectivity index (χ2n) is 13.5. The van der Waals surface area contributed by atoms with E-state index in [1.54, 1.807) is 0 Å². The number of carbonyl (C=O) groups is 2. The molecule has 0 aliphatic heterocycles. The van der Waals surface area contributed by atoms with Crippen molar-refractivity contribution in [3.8, 4) is 11.1 Å². The largest absolute Gasteiger partial charge is 0.532 e. The Morgan fingerprint density at radius 1 is 1.00 bits per heavy atom. The van der Waals surface area contributed by atoms with E-state index in [4.69, 9.17) is 19.7 Å². The first-order valence-corrected chi connectivity index (χ1v) is 18.5. The molecule has 0 aliphatic rings. The molecular formula is C41H68FmN5O6-. The minimum Gasteiger partial charge on any atom is -0.532 e. The molecule has 3 aromatic rings. The van der Waals surface area contributed by atoms with Crippen molar-refractivity contribution in [3.05, 3.63) is 71.0 Å². The van der Waals surface area contributed by atoms with Crippen LogP contribution in [-0.2, 0) is 40.1 Å². The minimum atomic E-state index is -0.749. The van der Waals surface area contributed by atoms with E-state index in [1.807, 2.05) is 51.4 Å². The summed E-state index contributed by atoms with van der Waals surface area (Å²) in [5.41, 5.74) is 6.90. The first-order chi connectivity index (χ1) is 24.6. The molecule has 12 heteroatoms. The fourth-order valence-electron chi connectivity index (χ4n) is 4.34. The second-order valence-corrected chi connectivity index (χ2v) is 13.5.